The van der Waals surface area contributed by atoms with Gasteiger partial charge < -0.3 is 5.73 Å². The van der Waals surface area contributed by atoms with E-state index in [0.717, 1.165) is 0 Å². The first-order chi connectivity index (χ1) is 5.99. The van der Waals surface area contributed by atoms with Gasteiger partial charge in [0, 0.05) is 0 Å². The van der Waals surface area contributed by atoms with Crippen molar-refractivity contribution >= 4 is 0 Å². The summed E-state index contributed by atoms with van der Waals surface area (Å²) in [6.45, 7) is 8.40. The van der Waals surface area contributed by atoms with Gasteiger partial charge in [-0.25, -0.2) is 9.67 Å². The molecule has 4 nitrogen and oxygen atoms in total. The Kier molecular flexibility index (Phi) is 2.71. The molecular weight excluding hydrogens is 164 g/mol. The fourth-order valence-electron chi connectivity index (χ4n) is 1.60. The molecule has 0 aliphatic carbocycles. The van der Waals surface area contributed by atoms with Crippen molar-refractivity contribution in [2.45, 2.75) is 33.4 Å². The van der Waals surface area contributed by atoms with Crippen LogP contribution in [0.1, 0.15) is 27.7 Å². The minimum Gasteiger partial charge on any atom is -0.307 e. The molecule has 0 aliphatic heterocycles. The molecule has 1 aromatic heterocycles. The van der Waals surface area contributed by atoms with E-state index >= 15 is 0 Å². The molecule has 13 heavy (non-hydrogen) atoms. The van der Waals surface area contributed by atoms with E-state index in [9.17, 15) is 0 Å². The van der Waals surface area contributed by atoms with Crippen LogP contribution in [0.25, 0.3) is 0 Å². The lowest BCUT2D eigenvalue weighted by Crippen LogP contribution is -2.52. The van der Waals surface area contributed by atoms with E-state index in [1.165, 1.54) is 6.33 Å². The van der Waals surface area contributed by atoms with Gasteiger partial charge in [-0.15, -0.1) is 0 Å². The number of nitrogens with zero attached hydrogens (tertiary/aromatic N) is 3. The third-order valence-electron chi connectivity index (χ3n) is 2.67. The second kappa shape index (κ2) is 3.46. The van der Waals surface area contributed by atoms with Gasteiger partial charge in [0.25, 0.3) is 0 Å². The molecule has 0 bridgehead atoms. The lowest BCUT2D eigenvalue weighted by atomic mass is 9.86. The maximum atomic E-state index is 6.31. The first-order valence-electron chi connectivity index (χ1n) is 4.63. The van der Waals surface area contributed by atoms with Crippen molar-refractivity contribution in [1.29, 1.82) is 0 Å². The molecule has 0 amide bonds. The summed E-state index contributed by atoms with van der Waals surface area (Å²) in [7, 11) is 0. The summed E-state index contributed by atoms with van der Waals surface area (Å²) in [5.74, 6) is 0.656. The zero-order valence-electron chi connectivity index (χ0n) is 8.73. The minimum atomic E-state index is -0.434. The predicted octanol–water partition coefficient (Wildman–Crippen LogP) is 1.20. The molecule has 4 heteroatoms. The summed E-state index contributed by atoms with van der Waals surface area (Å²) >= 11 is 0. The smallest absolute Gasteiger partial charge is 0.137 e. The highest BCUT2D eigenvalue weighted by molar-refractivity contribution is 4.85. The number of hydrogen-bond donors (Lipinski definition) is 1. The second-order valence-corrected chi connectivity index (χ2v) is 4.04. The molecule has 0 unspecified atom stereocenters. The van der Waals surface area contributed by atoms with E-state index in [1.54, 1.807) is 11.0 Å². The van der Waals surface area contributed by atoms with Gasteiger partial charge in [0.15, 0.2) is 0 Å². The molecule has 2 N–H and O–H groups in total. The van der Waals surface area contributed by atoms with Crippen molar-refractivity contribution in [2.24, 2.45) is 17.6 Å². The van der Waals surface area contributed by atoms with Gasteiger partial charge in [0.05, 0.1) is 0 Å². The Bertz CT molecular complexity index is 243. The van der Waals surface area contributed by atoms with Crippen LogP contribution in [0.4, 0.5) is 0 Å². The summed E-state index contributed by atoms with van der Waals surface area (Å²) in [5, 5.41) is 4.11. The molecule has 1 heterocycles. The number of aromatic nitrogens is 3. The second-order valence-electron chi connectivity index (χ2n) is 4.04. The molecule has 0 aromatic carbocycles. The molecule has 0 fully saturated rings. The highest BCUT2D eigenvalue weighted by Crippen LogP contribution is 2.27. The third kappa shape index (κ3) is 1.58. The Morgan fingerprint density at radius 3 is 2.08 bits per heavy atom. The molecule has 0 aliphatic rings. The van der Waals surface area contributed by atoms with Crippen LogP contribution in [0.5, 0.6) is 0 Å². The topological polar surface area (TPSA) is 56.7 Å². The van der Waals surface area contributed by atoms with Gasteiger partial charge in [-0.1, -0.05) is 27.7 Å². The van der Waals surface area contributed by atoms with Crippen LogP contribution in [-0.2, 0) is 5.66 Å². The van der Waals surface area contributed by atoms with E-state index in [1.807, 2.05) is 0 Å². The van der Waals surface area contributed by atoms with Crippen LogP contribution >= 0.6 is 0 Å². The standard InChI is InChI=1S/C9H18N4/c1-7(2)9(10,8(3)4)13-6-11-5-12-13/h5-8H,10H2,1-4H3. The van der Waals surface area contributed by atoms with Crippen molar-refractivity contribution in [1.82, 2.24) is 14.8 Å². The number of hydrogen-bond acceptors (Lipinski definition) is 3. The maximum Gasteiger partial charge on any atom is 0.137 e. The van der Waals surface area contributed by atoms with E-state index in [0.29, 0.717) is 11.8 Å². The largest absolute Gasteiger partial charge is 0.307 e. The van der Waals surface area contributed by atoms with E-state index in [-0.39, 0.29) is 0 Å². The summed E-state index contributed by atoms with van der Waals surface area (Å²) in [4.78, 5) is 3.92. The van der Waals surface area contributed by atoms with Crippen molar-refractivity contribution in [2.75, 3.05) is 0 Å². The monoisotopic (exact) mass is 182 g/mol. The molecule has 0 radical (unpaired) electrons. The molecule has 0 atom stereocenters. The summed E-state index contributed by atoms with van der Waals surface area (Å²) in [6, 6.07) is 0. The van der Waals surface area contributed by atoms with Crippen molar-refractivity contribution < 1.29 is 0 Å². The quantitative estimate of drug-likeness (QED) is 0.764. The third-order valence-corrected chi connectivity index (χ3v) is 2.67. The van der Waals surface area contributed by atoms with Gasteiger partial charge in [0.1, 0.15) is 18.3 Å². The average Bonchev–Trinajstić information content (AvgIpc) is 2.54. The zero-order valence-corrected chi connectivity index (χ0v) is 8.73. The highest BCUT2D eigenvalue weighted by Gasteiger charge is 2.35. The van der Waals surface area contributed by atoms with Crippen LogP contribution in [0.15, 0.2) is 12.7 Å². The molecule has 0 saturated carbocycles. The number of rotatable bonds is 3. The molecular formula is C9H18N4. The Hall–Kier alpha value is -0.900. The van der Waals surface area contributed by atoms with Crippen LogP contribution < -0.4 is 5.73 Å². The Balaban J connectivity index is 3.06. The van der Waals surface area contributed by atoms with Crippen molar-refractivity contribution in [3.63, 3.8) is 0 Å². The predicted molar refractivity (Wildman–Crippen MR) is 51.9 cm³/mol. The molecule has 1 aromatic rings. The summed E-state index contributed by atoms with van der Waals surface area (Å²) in [6.07, 6.45) is 3.20. The normalized spacial score (nSPS) is 12.8. The van der Waals surface area contributed by atoms with Crippen molar-refractivity contribution in [3.8, 4) is 0 Å². The van der Waals surface area contributed by atoms with E-state index in [4.69, 9.17) is 5.73 Å². The Morgan fingerprint density at radius 1 is 1.23 bits per heavy atom. The van der Waals surface area contributed by atoms with Gasteiger partial charge in [-0.05, 0) is 11.8 Å². The van der Waals surface area contributed by atoms with E-state index < -0.39 is 5.66 Å². The molecule has 1 rings (SSSR count). The SMILES string of the molecule is CC(C)C(N)(C(C)C)n1cncn1. The molecule has 0 spiro atoms. The Morgan fingerprint density at radius 2 is 1.77 bits per heavy atom. The minimum absolute atomic E-state index is 0.328. The van der Waals surface area contributed by atoms with Crippen LogP contribution in [0, 0.1) is 11.8 Å². The zero-order chi connectivity index (χ0) is 10.1. The van der Waals surface area contributed by atoms with Gasteiger partial charge in [-0.2, -0.15) is 5.10 Å². The molecule has 74 valence electrons. The van der Waals surface area contributed by atoms with Gasteiger partial charge in [-0.3, -0.25) is 0 Å². The van der Waals surface area contributed by atoms with E-state index in [2.05, 4.69) is 37.8 Å². The fraction of sp³-hybridized carbons (Fsp3) is 0.778. The first-order valence-corrected chi connectivity index (χ1v) is 4.63. The first kappa shape index (κ1) is 10.2. The fourth-order valence-corrected chi connectivity index (χ4v) is 1.60. The Labute approximate surface area is 79.2 Å². The average molecular weight is 182 g/mol. The maximum absolute atomic E-state index is 6.31. The van der Waals surface area contributed by atoms with Gasteiger partial charge >= 0.3 is 0 Å². The van der Waals surface area contributed by atoms with Crippen LogP contribution in [0.2, 0.25) is 0 Å². The lowest BCUT2D eigenvalue weighted by Gasteiger charge is -2.37. The number of nitrogens with two attached hydrogens (primary N) is 1. The van der Waals surface area contributed by atoms with Crippen molar-refractivity contribution in [3.05, 3.63) is 12.7 Å². The van der Waals surface area contributed by atoms with Crippen LogP contribution in [-0.4, -0.2) is 14.8 Å². The summed E-state index contributed by atoms with van der Waals surface area (Å²) < 4.78 is 1.75. The summed E-state index contributed by atoms with van der Waals surface area (Å²) in [5.41, 5.74) is 5.88. The van der Waals surface area contributed by atoms with Gasteiger partial charge in [0.2, 0.25) is 0 Å². The van der Waals surface area contributed by atoms with Crippen LogP contribution in [0.3, 0.4) is 0 Å². The lowest BCUT2D eigenvalue weighted by molar-refractivity contribution is 0.112. The molecule has 0 saturated heterocycles. The highest BCUT2D eigenvalue weighted by atomic mass is 15.4.